The molecular weight excluding hydrogens is 247 g/mol. The van der Waals surface area contributed by atoms with Crippen LogP contribution in [0.15, 0.2) is 35.1 Å². The number of hydrogen-bond acceptors (Lipinski definition) is 5. The van der Waals surface area contributed by atoms with E-state index in [0.29, 0.717) is 11.9 Å². The van der Waals surface area contributed by atoms with Gasteiger partial charge in [0.1, 0.15) is 6.61 Å². The second kappa shape index (κ2) is 5.74. The minimum Gasteiger partial charge on any atom is -0.473 e. The summed E-state index contributed by atoms with van der Waals surface area (Å²) in [6.07, 6.45) is 2.65. The van der Waals surface area contributed by atoms with Gasteiger partial charge in [-0.2, -0.15) is 0 Å². The lowest BCUT2D eigenvalue weighted by molar-refractivity contribution is 0.333. The molecule has 0 aliphatic carbocycles. The molecule has 7 heteroatoms. The molecule has 0 aliphatic heterocycles. The molecule has 1 heterocycles. The van der Waals surface area contributed by atoms with Crippen LogP contribution in [-0.4, -0.2) is 32.8 Å². The average molecular weight is 260 g/mol. The summed E-state index contributed by atoms with van der Waals surface area (Å²) < 4.78 is 39.6. The number of nitrogens with two attached hydrogens (primary N) is 1. The van der Waals surface area contributed by atoms with Gasteiger partial charge in [-0.25, -0.2) is 17.8 Å². The second-order valence-electron chi connectivity index (χ2n) is 3.36. The van der Waals surface area contributed by atoms with Gasteiger partial charge in [-0.3, -0.25) is 0 Å². The largest absolute Gasteiger partial charge is 0.473 e. The fourth-order valence-electron chi connectivity index (χ4n) is 0.973. The van der Waals surface area contributed by atoms with Crippen molar-refractivity contribution in [1.82, 2.24) is 4.98 Å². The Morgan fingerprint density at radius 1 is 1.59 bits per heavy atom. The molecule has 0 amide bonds. The van der Waals surface area contributed by atoms with E-state index in [0.717, 1.165) is 6.26 Å². The van der Waals surface area contributed by atoms with Crippen molar-refractivity contribution in [2.24, 2.45) is 5.73 Å². The van der Waals surface area contributed by atoms with Crippen LogP contribution in [0, 0.1) is 0 Å². The van der Waals surface area contributed by atoms with E-state index in [1.165, 1.54) is 18.3 Å². The van der Waals surface area contributed by atoms with Crippen molar-refractivity contribution in [2.75, 3.05) is 19.4 Å². The SMILES string of the molecule is CS(=O)(=O)c1ccc(OC/C(=C\F)CN)nc1. The van der Waals surface area contributed by atoms with Crippen molar-refractivity contribution in [3.63, 3.8) is 0 Å². The molecule has 0 aliphatic rings. The first-order valence-corrected chi connectivity index (χ1v) is 6.63. The van der Waals surface area contributed by atoms with Gasteiger partial charge in [0, 0.05) is 30.6 Å². The zero-order valence-corrected chi connectivity index (χ0v) is 10.1. The molecule has 0 bridgehead atoms. The van der Waals surface area contributed by atoms with E-state index in [4.69, 9.17) is 10.5 Å². The summed E-state index contributed by atoms with van der Waals surface area (Å²) in [4.78, 5) is 3.90. The van der Waals surface area contributed by atoms with Gasteiger partial charge in [0.2, 0.25) is 5.88 Å². The first kappa shape index (κ1) is 13.6. The Kier molecular flexibility index (Phi) is 4.59. The van der Waals surface area contributed by atoms with E-state index in [-0.39, 0.29) is 23.9 Å². The number of sulfone groups is 1. The fraction of sp³-hybridized carbons (Fsp3) is 0.300. The van der Waals surface area contributed by atoms with Crippen molar-refractivity contribution in [1.29, 1.82) is 0 Å². The Labute approximate surface area is 99.0 Å². The Morgan fingerprint density at radius 2 is 2.29 bits per heavy atom. The summed E-state index contributed by atoms with van der Waals surface area (Å²) in [6.45, 7) is 0.0378. The van der Waals surface area contributed by atoms with Crippen LogP contribution in [0.25, 0.3) is 0 Å². The van der Waals surface area contributed by atoms with Gasteiger partial charge < -0.3 is 10.5 Å². The third-order valence-corrected chi connectivity index (χ3v) is 3.06. The minimum atomic E-state index is -3.27. The maximum atomic E-state index is 12.2. The molecule has 0 unspecified atom stereocenters. The standard InChI is InChI=1S/C10H13FN2O3S/c1-17(14,15)9-2-3-10(13-6-9)16-7-8(4-11)5-12/h2-4,6H,5,7,12H2,1H3/b8-4-. The predicted octanol–water partition coefficient (Wildman–Crippen LogP) is 0.676. The van der Waals surface area contributed by atoms with Crippen LogP contribution >= 0.6 is 0 Å². The summed E-state index contributed by atoms with van der Waals surface area (Å²) in [5.74, 6) is 0.213. The third kappa shape index (κ3) is 4.12. The summed E-state index contributed by atoms with van der Waals surface area (Å²) in [6, 6.07) is 2.78. The first-order valence-electron chi connectivity index (χ1n) is 4.74. The first-order chi connectivity index (χ1) is 7.97. The highest BCUT2D eigenvalue weighted by Crippen LogP contribution is 2.12. The number of ether oxygens (including phenoxy) is 1. The highest BCUT2D eigenvalue weighted by molar-refractivity contribution is 7.90. The highest BCUT2D eigenvalue weighted by atomic mass is 32.2. The molecule has 17 heavy (non-hydrogen) atoms. The van der Waals surface area contributed by atoms with Gasteiger partial charge in [-0.05, 0) is 6.07 Å². The quantitative estimate of drug-likeness (QED) is 0.841. The van der Waals surface area contributed by atoms with Crippen LogP contribution in [0.5, 0.6) is 5.88 Å². The van der Waals surface area contributed by atoms with Crippen LogP contribution < -0.4 is 10.5 Å². The molecule has 0 saturated heterocycles. The van der Waals surface area contributed by atoms with Crippen molar-refractivity contribution < 1.29 is 17.5 Å². The molecule has 0 aromatic carbocycles. The van der Waals surface area contributed by atoms with Crippen molar-refractivity contribution in [3.05, 3.63) is 30.2 Å². The van der Waals surface area contributed by atoms with E-state index in [9.17, 15) is 12.8 Å². The second-order valence-corrected chi connectivity index (χ2v) is 5.38. The molecule has 2 N–H and O–H groups in total. The normalized spacial score (nSPS) is 12.5. The lowest BCUT2D eigenvalue weighted by Crippen LogP contribution is -2.11. The number of halogens is 1. The van der Waals surface area contributed by atoms with Crippen molar-refractivity contribution in [2.45, 2.75) is 4.90 Å². The topological polar surface area (TPSA) is 82.3 Å². The Balaban J connectivity index is 2.70. The minimum absolute atomic E-state index is 0.0157. The third-order valence-electron chi connectivity index (χ3n) is 1.96. The Morgan fingerprint density at radius 3 is 2.71 bits per heavy atom. The maximum Gasteiger partial charge on any atom is 0.213 e. The van der Waals surface area contributed by atoms with Crippen LogP contribution in [0.2, 0.25) is 0 Å². The van der Waals surface area contributed by atoms with Crippen LogP contribution in [-0.2, 0) is 9.84 Å². The van der Waals surface area contributed by atoms with Crippen LogP contribution in [0.1, 0.15) is 0 Å². The summed E-state index contributed by atoms with van der Waals surface area (Å²) >= 11 is 0. The lowest BCUT2D eigenvalue weighted by Gasteiger charge is -2.06. The molecule has 0 atom stereocenters. The molecule has 0 radical (unpaired) electrons. The summed E-state index contributed by atoms with van der Waals surface area (Å²) in [5, 5.41) is 0. The number of rotatable bonds is 5. The summed E-state index contributed by atoms with van der Waals surface area (Å²) in [7, 11) is -3.27. The maximum absolute atomic E-state index is 12.2. The van der Waals surface area contributed by atoms with E-state index in [1.807, 2.05) is 0 Å². The van der Waals surface area contributed by atoms with Gasteiger partial charge in [-0.15, -0.1) is 0 Å². The zero-order chi connectivity index (χ0) is 12.9. The molecule has 94 valence electrons. The number of aromatic nitrogens is 1. The Hall–Kier alpha value is -1.47. The fourth-order valence-corrected chi connectivity index (χ4v) is 1.53. The van der Waals surface area contributed by atoms with Crippen LogP contribution in [0.3, 0.4) is 0 Å². The van der Waals surface area contributed by atoms with E-state index >= 15 is 0 Å². The van der Waals surface area contributed by atoms with E-state index < -0.39 is 9.84 Å². The van der Waals surface area contributed by atoms with Gasteiger partial charge in [0.25, 0.3) is 0 Å². The number of nitrogens with zero attached hydrogens (tertiary/aromatic N) is 1. The Bertz CT molecular complexity index is 497. The molecule has 0 fully saturated rings. The molecule has 5 nitrogen and oxygen atoms in total. The van der Waals surface area contributed by atoms with Crippen molar-refractivity contribution in [3.8, 4) is 5.88 Å². The van der Waals surface area contributed by atoms with E-state index in [1.54, 1.807) is 0 Å². The predicted molar refractivity (Wildman–Crippen MR) is 61.1 cm³/mol. The smallest absolute Gasteiger partial charge is 0.213 e. The number of hydrogen-bond donors (Lipinski definition) is 1. The van der Waals surface area contributed by atoms with Gasteiger partial charge in [-0.1, -0.05) is 0 Å². The average Bonchev–Trinajstić information content (AvgIpc) is 2.30. The molecular formula is C10H13FN2O3S. The molecule has 0 spiro atoms. The lowest BCUT2D eigenvalue weighted by atomic mass is 10.3. The summed E-state index contributed by atoms with van der Waals surface area (Å²) in [5.41, 5.74) is 5.53. The van der Waals surface area contributed by atoms with Gasteiger partial charge >= 0.3 is 0 Å². The molecule has 1 aromatic rings. The van der Waals surface area contributed by atoms with Gasteiger partial charge in [0.15, 0.2) is 9.84 Å². The highest BCUT2D eigenvalue weighted by Gasteiger charge is 2.07. The van der Waals surface area contributed by atoms with Crippen LogP contribution in [0.4, 0.5) is 4.39 Å². The monoisotopic (exact) mass is 260 g/mol. The molecule has 1 rings (SSSR count). The van der Waals surface area contributed by atoms with Gasteiger partial charge in [0.05, 0.1) is 11.2 Å². The zero-order valence-electron chi connectivity index (χ0n) is 9.26. The number of pyridine rings is 1. The van der Waals surface area contributed by atoms with E-state index in [2.05, 4.69) is 4.98 Å². The molecule has 1 aromatic heterocycles. The van der Waals surface area contributed by atoms with Crippen molar-refractivity contribution >= 4 is 9.84 Å². The molecule has 0 saturated carbocycles.